The zero-order valence-electron chi connectivity index (χ0n) is 15.8. The largest absolute Gasteiger partial charge is 0.353 e. The third-order valence-corrected chi connectivity index (χ3v) is 5.12. The highest BCUT2D eigenvalue weighted by Gasteiger charge is 2.27. The van der Waals surface area contributed by atoms with Gasteiger partial charge in [-0.2, -0.15) is 5.10 Å². The summed E-state index contributed by atoms with van der Waals surface area (Å²) in [4.78, 5) is 25.8. The average molecular weight is 365 g/mol. The fourth-order valence-electron chi connectivity index (χ4n) is 3.52. The third kappa shape index (κ3) is 3.18. The maximum Gasteiger partial charge on any atom is 0.257 e. The maximum absolute atomic E-state index is 12.9. The van der Waals surface area contributed by atoms with E-state index in [0.29, 0.717) is 13.1 Å². The predicted molar refractivity (Wildman–Crippen MR) is 102 cm³/mol. The quantitative estimate of drug-likeness (QED) is 0.705. The first-order valence-electron chi connectivity index (χ1n) is 9.04. The fraction of sp³-hybridized carbons (Fsp3) is 0.368. The van der Waals surface area contributed by atoms with Crippen LogP contribution in [0.15, 0.2) is 36.9 Å². The van der Waals surface area contributed by atoms with Crippen LogP contribution in [-0.4, -0.2) is 61.3 Å². The minimum absolute atomic E-state index is 0.0634. The summed E-state index contributed by atoms with van der Waals surface area (Å²) < 4.78 is 3.72. The van der Waals surface area contributed by atoms with Crippen LogP contribution < -0.4 is 4.90 Å². The molecule has 0 unspecified atom stereocenters. The Labute approximate surface area is 158 Å². The van der Waals surface area contributed by atoms with Crippen LogP contribution in [0.5, 0.6) is 0 Å². The molecule has 1 amide bonds. The van der Waals surface area contributed by atoms with Gasteiger partial charge in [0.2, 0.25) is 0 Å². The highest BCUT2D eigenvalue weighted by atomic mass is 16.2. The van der Waals surface area contributed by atoms with Gasteiger partial charge in [0.25, 0.3) is 5.91 Å². The number of aromatic nitrogens is 5. The van der Waals surface area contributed by atoms with Crippen LogP contribution in [0.25, 0.3) is 5.82 Å². The molecule has 8 nitrogen and oxygen atoms in total. The maximum atomic E-state index is 12.9. The Hall–Kier alpha value is -3.16. The van der Waals surface area contributed by atoms with Crippen molar-refractivity contribution >= 4 is 11.7 Å². The lowest BCUT2D eigenvalue weighted by Crippen LogP contribution is -2.49. The van der Waals surface area contributed by atoms with E-state index in [0.717, 1.165) is 41.7 Å². The Bertz CT molecular complexity index is 953. The Balaban J connectivity index is 1.46. The van der Waals surface area contributed by atoms with Crippen LogP contribution in [0.1, 0.15) is 21.7 Å². The van der Waals surface area contributed by atoms with E-state index in [1.54, 1.807) is 11.0 Å². The van der Waals surface area contributed by atoms with Gasteiger partial charge in [0.05, 0.1) is 11.3 Å². The van der Waals surface area contributed by atoms with Gasteiger partial charge in [0, 0.05) is 57.4 Å². The van der Waals surface area contributed by atoms with Crippen molar-refractivity contribution in [3.63, 3.8) is 0 Å². The molecule has 0 atom stereocenters. The molecular weight excluding hydrogens is 342 g/mol. The van der Waals surface area contributed by atoms with Crippen molar-refractivity contribution < 1.29 is 4.79 Å². The number of hydrogen-bond donors (Lipinski definition) is 0. The van der Waals surface area contributed by atoms with Gasteiger partial charge >= 0.3 is 0 Å². The van der Waals surface area contributed by atoms with Gasteiger partial charge in [-0.3, -0.25) is 9.48 Å². The van der Waals surface area contributed by atoms with E-state index in [9.17, 15) is 4.79 Å². The summed E-state index contributed by atoms with van der Waals surface area (Å²) in [5, 5.41) is 4.36. The second kappa shape index (κ2) is 6.86. The van der Waals surface area contributed by atoms with Crippen LogP contribution in [0.2, 0.25) is 0 Å². The SMILES string of the molecule is Cc1nn(C)c(C)c1C(=O)N1CCN(c2cc(-n3cccc3)ncn2)CC1. The molecule has 0 bridgehead atoms. The van der Waals surface area contributed by atoms with Crippen molar-refractivity contribution in [3.8, 4) is 5.82 Å². The lowest BCUT2D eigenvalue weighted by molar-refractivity contribution is 0.0745. The van der Waals surface area contributed by atoms with E-state index >= 15 is 0 Å². The van der Waals surface area contributed by atoms with Crippen molar-refractivity contribution in [1.29, 1.82) is 0 Å². The second-order valence-corrected chi connectivity index (χ2v) is 6.77. The van der Waals surface area contributed by atoms with Crippen molar-refractivity contribution in [1.82, 2.24) is 29.2 Å². The molecule has 4 heterocycles. The van der Waals surface area contributed by atoms with Crippen molar-refractivity contribution in [2.75, 3.05) is 31.1 Å². The smallest absolute Gasteiger partial charge is 0.257 e. The zero-order valence-corrected chi connectivity index (χ0v) is 15.8. The summed E-state index contributed by atoms with van der Waals surface area (Å²) in [5.74, 6) is 1.79. The molecule has 27 heavy (non-hydrogen) atoms. The van der Waals surface area contributed by atoms with Gasteiger partial charge in [-0.1, -0.05) is 0 Å². The Morgan fingerprint density at radius 3 is 2.30 bits per heavy atom. The molecule has 0 aromatic carbocycles. The summed E-state index contributed by atoms with van der Waals surface area (Å²) in [5.41, 5.74) is 2.42. The summed E-state index contributed by atoms with van der Waals surface area (Å²) in [7, 11) is 1.87. The number of carbonyl (C=O) groups is 1. The standard InChI is InChI=1S/C19H23N7O/c1-14-18(15(2)23(3)22-14)19(27)26-10-8-25(9-11-26)17-12-16(20-13-21-17)24-6-4-5-7-24/h4-7,12-13H,8-11H2,1-3H3. The number of anilines is 1. The number of hydrogen-bond acceptors (Lipinski definition) is 5. The van der Waals surface area contributed by atoms with Gasteiger partial charge < -0.3 is 14.4 Å². The van der Waals surface area contributed by atoms with Crippen LogP contribution >= 0.6 is 0 Å². The highest BCUT2D eigenvalue weighted by molar-refractivity contribution is 5.96. The molecule has 3 aromatic heterocycles. The zero-order chi connectivity index (χ0) is 19.0. The summed E-state index contributed by atoms with van der Waals surface area (Å²) in [6, 6.07) is 5.91. The number of amides is 1. The van der Waals surface area contributed by atoms with Crippen molar-refractivity contribution in [3.05, 3.63) is 53.9 Å². The Morgan fingerprint density at radius 1 is 1.00 bits per heavy atom. The second-order valence-electron chi connectivity index (χ2n) is 6.77. The monoisotopic (exact) mass is 365 g/mol. The molecule has 1 fully saturated rings. The molecule has 1 aliphatic rings. The molecule has 0 aliphatic carbocycles. The number of nitrogens with zero attached hydrogens (tertiary/aromatic N) is 7. The molecule has 0 spiro atoms. The first kappa shape index (κ1) is 17.3. The van der Waals surface area contributed by atoms with Crippen LogP contribution in [-0.2, 0) is 7.05 Å². The predicted octanol–water partition coefficient (Wildman–Crippen LogP) is 1.58. The molecule has 140 valence electrons. The average Bonchev–Trinajstić information content (AvgIpc) is 3.30. The molecule has 1 aliphatic heterocycles. The molecule has 3 aromatic rings. The number of carbonyl (C=O) groups excluding carboxylic acids is 1. The number of rotatable bonds is 3. The topological polar surface area (TPSA) is 72.1 Å². The highest BCUT2D eigenvalue weighted by Crippen LogP contribution is 2.19. The normalized spacial score (nSPS) is 14.6. The van der Waals surface area contributed by atoms with Gasteiger partial charge in [-0.05, 0) is 26.0 Å². The lowest BCUT2D eigenvalue weighted by atomic mass is 10.1. The summed E-state index contributed by atoms with van der Waals surface area (Å²) in [6.45, 7) is 6.64. The third-order valence-electron chi connectivity index (χ3n) is 5.12. The molecule has 4 rings (SSSR count). The Morgan fingerprint density at radius 2 is 1.67 bits per heavy atom. The minimum Gasteiger partial charge on any atom is -0.353 e. The van der Waals surface area contributed by atoms with E-state index in [2.05, 4.69) is 20.0 Å². The molecule has 0 N–H and O–H groups in total. The lowest BCUT2D eigenvalue weighted by Gasteiger charge is -2.35. The van der Waals surface area contributed by atoms with Gasteiger partial charge in [-0.25, -0.2) is 9.97 Å². The van der Waals surface area contributed by atoms with E-state index in [-0.39, 0.29) is 5.91 Å². The number of aryl methyl sites for hydroxylation is 2. The first-order valence-corrected chi connectivity index (χ1v) is 9.04. The molecule has 0 radical (unpaired) electrons. The van der Waals surface area contributed by atoms with Crippen LogP contribution in [0.4, 0.5) is 5.82 Å². The summed E-state index contributed by atoms with van der Waals surface area (Å²) in [6.07, 6.45) is 5.51. The van der Waals surface area contributed by atoms with Crippen molar-refractivity contribution in [2.24, 2.45) is 7.05 Å². The molecule has 1 saturated heterocycles. The molecular formula is C19H23N7O. The van der Waals surface area contributed by atoms with E-state index < -0.39 is 0 Å². The number of piperazine rings is 1. The van der Waals surface area contributed by atoms with Crippen molar-refractivity contribution in [2.45, 2.75) is 13.8 Å². The van der Waals surface area contributed by atoms with Crippen LogP contribution in [0, 0.1) is 13.8 Å². The summed E-state index contributed by atoms with van der Waals surface area (Å²) >= 11 is 0. The van der Waals surface area contributed by atoms with Gasteiger partial charge in [0.15, 0.2) is 0 Å². The first-order chi connectivity index (χ1) is 13.0. The van der Waals surface area contributed by atoms with Gasteiger partial charge in [0.1, 0.15) is 18.0 Å². The van der Waals surface area contributed by atoms with E-state index in [1.165, 1.54) is 0 Å². The van der Waals surface area contributed by atoms with E-state index in [1.807, 2.05) is 61.0 Å². The Kier molecular flexibility index (Phi) is 4.39. The van der Waals surface area contributed by atoms with Gasteiger partial charge in [-0.15, -0.1) is 0 Å². The van der Waals surface area contributed by atoms with E-state index in [4.69, 9.17) is 0 Å². The minimum atomic E-state index is 0.0634. The molecule has 8 heteroatoms. The molecule has 0 saturated carbocycles. The van der Waals surface area contributed by atoms with Crippen LogP contribution in [0.3, 0.4) is 0 Å². The fourth-order valence-corrected chi connectivity index (χ4v) is 3.52.